The molecule has 1 aromatic carbocycles. The first-order valence-electron chi connectivity index (χ1n) is 11.3. The zero-order valence-corrected chi connectivity index (χ0v) is 19.8. The quantitative estimate of drug-likeness (QED) is 0.365. The molecule has 2 heterocycles. The number of fused-ring (bicyclic) bond motifs is 1. The molecular formula is C25H29NO8. The largest absolute Gasteiger partial charge is 0.468 e. The van der Waals surface area contributed by atoms with Gasteiger partial charge >= 0.3 is 11.9 Å². The lowest BCUT2D eigenvalue weighted by molar-refractivity contribution is -0.151. The Balaban J connectivity index is 1.78. The lowest BCUT2D eigenvalue weighted by atomic mass is 9.69. The molecular weight excluding hydrogens is 442 g/mol. The van der Waals surface area contributed by atoms with E-state index in [1.807, 2.05) is 13.8 Å². The van der Waals surface area contributed by atoms with Gasteiger partial charge in [0.1, 0.15) is 12.5 Å². The number of Topliss-reactive ketones (excluding diaryl/α,β-unsaturated/α-hetero) is 1. The SMILES string of the molecule is CCOCCOC(=O)C1=C(C)NC2=C(C(=O)[C@@H](C(=O)OC)[C@@H](C)C2)[C@@H]1c1ccc2c(c1)OCO2. The third kappa shape index (κ3) is 4.27. The van der Waals surface area contributed by atoms with Gasteiger partial charge in [0.05, 0.1) is 19.3 Å². The zero-order valence-electron chi connectivity index (χ0n) is 19.8. The maximum Gasteiger partial charge on any atom is 0.336 e. The van der Waals surface area contributed by atoms with Crippen LogP contribution >= 0.6 is 0 Å². The first-order valence-corrected chi connectivity index (χ1v) is 11.3. The Morgan fingerprint density at radius 1 is 1.18 bits per heavy atom. The summed E-state index contributed by atoms with van der Waals surface area (Å²) in [4.78, 5) is 39.5. The van der Waals surface area contributed by atoms with Crippen molar-refractivity contribution in [2.45, 2.75) is 33.1 Å². The molecule has 3 aliphatic rings. The Labute approximate surface area is 198 Å². The van der Waals surface area contributed by atoms with Crippen molar-refractivity contribution in [3.63, 3.8) is 0 Å². The molecule has 182 valence electrons. The average Bonchev–Trinajstić information content (AvgIpc) is 3.28. The van der Waals surface area contributed by atoms with Gasteiger partial charge in [0.25, 0.3) is 0 Å². The Morgan fingerprint density at radius 2 is 1.94 bits per heavy atom. The number of allylic oxidation sites excluding steroid dienone is 3. The molecule has 9 nitrogen and oxygen atoms in total. The number of hydrogen-bond acceptors (Lipinski definition) is 9. The van der Waals surface area contributed by atoms with Gasteiger partial charge < -0.3 is 29.0 Å². The van der Waals surface area contributed by atoms with Crippen molar-refractivity contribution in [3.05, 3.63) is 46.3 Å². The van der Waals surface area contributed by atoms with Gasteiger partial charge in [-0.15, -0.1) is 0 Å². The zero-order chi connectivity index (χ0) is 24.4. The lowest BCUT2D eigenvalue weighted by Crippen LogP contribution is -2.43. The second-order valence-corrected chi connectivity index (χ2v) is 8.48. The second-order valence-electron chi connectivity index (χ2n) is 8.48. The summed E-state index contributed by atoms with van der Waals surface area (Å²) in [7, 11) is 1.27. The van der Waals surface area contributed by atoms with Crippen LogP contribution in [0.2, 0.25) is 0 Å². The molecule has 0 aromatic heterocycles. The molecule has 0 fully saturated rings. The molecule has 0 spiro atoms. The van der Waals surface area contributed by atoms with E-state index in [-0.39, 0.29) is 31.7 Å². The summed E-state index contributed by atoms with van der Waals surface area (Å²) in [5.74, 6) is -2.32. The number of methoxy groups -OCH3 is 1. The van der Waals surface area contributed by atoms with E-state index in [4.69, 9.17) is 23.7 Å². The molecule has 0 amide bonds. The molecule has 0 bridgehead atoms. The summed E-state index contributed by atoms with van der Waals surface area (Å²) in [6.07, 6.45) is 0.464. The van der Waals surface area contributed by atoms with Gasteiger partial charge in [-0.2, -0.15) is 0 Å². The maximum atomic E-state index is 13.7. The minimum atomic E-state index is -0.948. The summed E-state index contributed by atoms with van der Waals surface area (Å²) in [6, 6.07) is 5.32. The molecule has 0 saturated carbocycles. The Kier molecular flexibility index (Phi) is 6.92. The fraction of sp³-hybridized carbons (Fsp3) is 0.480. The van der Waals surface area contributed by atoms with Gasteiger partial charge in [-0.05, 0) is 43.9 Å². The minimum Gasteiger partial charge on any atom is -0.468 e. The summed E-state index contributed by atoms with van der Waals surface area (Å²) in [5, 5.41) is 3.24. The molecule has 1 N–H and O–H groups in total. The van der Waals surface area contributed by atoms with Gasteiger partial charge in [-0.3, -0.25) is 9.59 Å². The summed E-state index contributed by atoms with van der Waals surface area (Å²) in [5.41, 5.74) is 2.64. The van der Waals surface area contributed by atoms with E-state index >= 15 is 0 Å². The summed E-state index contributed by atoms with van der Waals surface area (Å²) >= 11 is 0. The standard InChI is InChI=1S/C25H29NO8/c1-5-31-8-9-32-25(29)20-14(3)26-16-10-13(2)19(24(28)30-4)23(27)22(16)21(20)15-6-7-17-18(11-15)34-12-33-17/h6-7,11,13,19,21,26H,5,8-10,12H2,1-4H3/t13-,19-,21+/m0/s1. The molecule has 4 rings (SSSR count). The fourth-order valence-electron chi connectivity index (χ4n) is 4.79. The number of ether oxygens (including phenoxy) is 5. The van der Waals surface area contributed by atoms with Gasteiger partial charge in [-0.1, -0.05) is 13.0 Å². The highest BCUT2D eigenvalue weighted by atomic mass is 16.7. The molecule has 2 aliphatic heterocycles. The smallest absolute Gasteiger partial charge is 0.336 e. The number of carbonyl (C=O) groups is 3. The van der Waals surface area contributed by atoms with Crippen molar-refractivity contribution in [2.75, 3.05) is 33.7 Å². The number of nitrogens with one attached hydrogen (secondary N) is 1. The summed E-state index contributed by atoms with van der Waals surface area (Å²) in [6.45, 7) is 6.45. The first kappa shape index (κ1) is 23.8. The number of dihydropyridines is 1. The fourth-order valence-corrected chi connectivity index (χ4v) is 4.79. The molecule has 34 heavy (non-hydrogen) atoms. The van der Waals surface area contributed by atoms with E-state index in [1.54, 1.807) is 25.1 Å². The van der Waals surface area contributed by atoms with Crippen LogP contribution in [-0.2, 0) is 28.6 Å². The van der Waals surface area contributed by atoms with Crippen LogP contribution in [0.1, 0.15) is 38.7 Å². The van der Waals surface area contributed by atoms with Crippen LogP contribution in [0.5, 0.6) is 11.5 Å². The van der Waals surface area contributed by atoms with Crippen molar-refractivity contribution >= 4 is 17.7 Å². The maximum absolute atomic E-state index is 13.7. The van der Waals surface area contributed by atoms with Crippen LogP contribution in [0.3, 0.4) is 0 Å². The number of carbonyl (C=O) groups excluding carboxylic acids is 3. The van der Waals surface area contributed by atoms with Crippen LogP contribution in [0.25, 0.3) is 0 Å². The number of rotatable bonds is 7. The Hall–Kier alpha value is -3.33. The van der Waals surface area contributed by atoms with E-state index in [0.717, 1.165) is 0 Å². The van der Waals surface area contributed by atoms with Crippen molar-refractivity contribution < 1.29 is 38.1 Å². The monoisotopic (exact) mass is 471 g/mol. The van der Waals surface area contributed by atoms with Crippen LogP contribution in [0.4, 0.5) is 0 Å². The molecule has 0 saturated heterocycles. The van der Waals surface area contributed by atoms with Gasteiger partial charge in [0, 0.05) is 29.5 Å². The van der Waals surface area contributed by atoms with Crippen LogP contribution in [0.15, 0.2) is 40.7 Å². The van der Waals surface area contributed by atoms with Crippen LogP contribution in [0, 0.1) is 11.8 Å². The first-order chi connectivity index (χ1) is 16.4. The summed E-state index contributed by atoms with van der Waals surface area (Å²) < 4.78 is 26.7. The Bertz CT molecular complexity index is 1070. The predicted molar refractivity (Wildman–Crippen MR) is 120 cm³/mol. The normalized spacial score (nSPS) is 23.4. The molecule has 1 aliphatic carbocycles. The van der Waals surface area contributed by atoms with Gasteiger partial charge in [0.15, 0.2) is 17.3 Å². The number of benzene rings is 1. The van der Waals surface area contributed by atoms with Crippen molar-refractivity contribution in [1.29, 1.82) is 0 Å². The van der Waals surface area contributed by atoms with Crippen LogP contribution < -0.4 is 14.8 Å². The number of hydrogen-bond donors (Lipinski definition) is 1. The minimum absolute atomic E-state index is 0.0823. The second kappa shape index (κ2) is 9.89. The molecule has 0 radical (unpaired) electrons. The van der Waals surface area contributed by atoms with Crippen molar-refractivity contribution in [1.82, 2.24) is 5.32 Å². The lowest BCUT2D eigenvalue weighted by Gasteiger charge is -2.38. The van der Waals surface area contributed by atoms with E-state index in [1.165, 1.54) is 7.11 Å². The van der Waals surface area contributed by atoms with Gasteiger partial charge in [-0.25, -0.2) is 4.79 Å². The van der Waals surface area contributed by atoms with E-state index < -0.39 is 23.8 Å². The molecule has 1 aromatic rings. The highest BCUT2D eigenvalue weighted by molar-refractivity contribution is 6.12. The average molecular weight is 472 g/mol. The number of esters is 2. The van der Waals surface area contributed by atoms with E-state index in [0.29, 0.717) is 52.6 Å². The van der Waals surface area contributed by atoms with Crippen molar-refractivity contribution in [2.24, 2.45) is 11.8 Å². The van der Waals surface area contributed by atoms with E-state index in [9.17, 15) is 14.4 Å². The van der Waals surface area contributed by atoms with Crippen LogP contribution in [-0.4, -0.2) is 51.4 Å². The Morgan fingerprint density at radius 3 is 2.68 bits per heavy atom. The third-order valence-corrected chi connectivity index (χ3v) is 6.36. The highest BCUT2D eigenvalue weighted by Gasteiger charge is 2.47. The molecule has 9 heteroatoms. The topological polar surface area (TPSA) is 109 Å². The van der Waals surface area contributed by atoms with E-state index in [2.05, 4.69) is 5.32 Å². The third-order valence-electron chi connectivity index (χ3n) is 6.36. The van der Waals surface area contributed by atoms with Crippen molar-refractivity contribution in [3.8, 4) is 11.5 Å². The predicted octanol–water partition coefficient (Wildman–Crippen LogP) is 2.61. The van der Waals surface area contributed by atoms with Gasteiger partial charge in [0.2, 0.25) is 6.79 Å². The molecule has 0 unspecified atom stereocenters. The number of ketones is 1. The molecule has 3 atom stereocenters. The highest BCUT2D eigenvalue weighted by Crippen LogP contribution is 2.47.